The molecule has 154 valence electrons. The van der Waals surface area contributed by atoms with Crippen LogP contribution in [0.2, 0.25) is 16.6 Å². The lowest BCUT2D eigenvalue weighted by atomic mass is 10.2. The molecule has 0 aliphatic carbocycles. The van der Waals surface area contributed by atoms with Crippen LogP contribution in [-0.2, 0) is 20.5 Å². The molecule has 0 spiro atoms. The molecule has 1 aromatic rings. The number of aliphatic hydroxyl groups excluding tert-OH is 1. The van der Waals surface area contributed by atoms with Crippen molar-refractivity contribution < 1.29 is 23.4 Å². The molecule has 4 unspecified atom stereocenters. The average Bonchev–Trinajstić information content (AvgIpc) is 2.86. The molecule has 1 heterocycles. The van der Waals surface area contributed by atoms with E-state index in [4.69, 9.17) is 13.9 Å². The lowest BCUT2D eigenvalue weighted by molar-refractivity contribution is -0.127. The highest BCUT2D eigenvalue weighted by atomic mass is 28.4. The van der Waals surface area contributed by atoms with Gasteiger partial charge in [0.05, 0.1) is 13.2 Å². The molecule has 6 heteroatoms. The van der Waals surface area contributed by atoms with Crippen molar-refractivity contribution in [2.45, 2.75) is 89.4 Å². The summed E-state index contributed by atoms with van der Waals surface area (Å²) in [6.45, 7) is 13.6. The Morgan fingerprint density at radius 3 is 2.11 bits per heavy atom. The van der Waals surface area contributed by atoms with Crippen molar-refractivity contribution in [2.75, 3.05) is 6.61 Å². The van der Waals surface area contributed by atoms with E-state index in [1.54, 1.807) is 0 Å². The van der Waals surface area contributed by atoms with E-state index in [2.05, 4.69) is 41.5 Å². The number of aliphatic hydroxyl groups is 1. The van der Waals surface area contributed by atoms with Crippen LogP contribution >= 0.6 is 0 Å². The zero-order valence-electron chi connectivity index (χ0n) is 17.4. The number of ether oxygens (including phenoxy) is 2. The molecule has 1 aliphatic heterocycles. The lowest BCUT2D eigenvalue weighted by Gasteiger charge is -2.44. The van der Waals surface area contributed by atoms with Crippen LogP contribution in [0.5, 0.6) is 0 Å². The van der Waals surface area contributed by atoms with Crippen LogP contribution in [-0.4, -0.2) is 44.7 Å². The van der Waals surface area contributed by atoms with Gasteiger partial charge in [-0.15, -0.1) is 0 Å². The van der Waals surface area contributed by atoms with Gasteiger partial charge in [0.15, 0.2) is 12.5 Å². The maximum Gasteiger partial charge on any atom is 0.201 e. The minimum atomic E-state index is -2.30. The van der Waals surface area contributed by atoms with E-state index in [0.29, 0.717) is 23.2 Å². The second-order valence-corrected chi connectivity index (χ2v) is 13.8. The van der Waals surface area contributed by atoms with Gasteiger partial charge in [-0.1, -0.05) is 71.9 Å². The Hall–Kier alpha value is -0.793. The fourth-order valence-electron chi connectivity index (χ4n) is 4.49. The van der Waals surface area contributed by atoms with Crippen molar-refractivity contribution in [3.05, 3.63) is 35.9 Å². The van der Waals surface area contributed by atoms with Crippen molar-refractivity contribution in [1.29, 1.82) is 0 Å². The van der Waals surface area contributed by atoms with Crippen LogP contribution in [0.25, 0.3) is 0 Å². The van der Waals surface area contributed by atoms with Crippen LogP contribution in [0.1, 0.15) is 47.1 Å². The van der Waals surface area contributed by atoms with Gasteiger partial charge >= 0.3 is 0 Å². The van der Waals surface area contributed by atoms with Gasteiger partial charge in [-0.25, -0.2) is 4.39 Å². The van der Waals surface area contributed by atoms with Gasteiger partial charge in [0.1, 0.15) is 12.2 Å². The van der Waals surface area contributed by atoms with Crippen molar-refractivity contribution in [2.24, 2.45) is 0 Å². The summed E-state index contributed by atoms with van der Waals surface area (Å²) in [5.74, 6) is 0. The predicted molar refractivity (Wildman–Crippen MR) is 108 cm³/mol. The lowest BCUT2D eigenvalue weighted by Crippen LogP contribution is -2.53. The molecular weight excluding hydrogens is 363 g/mol. The predicted octanol–water partition coefficient (Wildman–Crippen LogP) is 4.82. The van der Waals surface area contributed by atoms with E-state index in [9.17, 15) is 9.50 Å². The number of halogens is 1. The third-order valence-corrected chi connectivity index (χ3v) is 11.8. The average molecular weight is 399 g/mol. The minimum Gasteiger partial charge on any atom is -0.407 e. The molecule has 0 amide bonds. The summed E-state index contributed by atoms with van der Waals surface area (Å²) in [6.07, 6.45) is -4.42. The Morgan fingerprint density at radius 1 is 1.04 bits per heavy atom. The van der Waals surface area contributed by atoms with Crippen LogP contribution in [0, 0.1) is 0 Å². The van der Waals surface area contributed by atoms with E-state index in [0.717, 1.165) is 5.56 Å². The Kier molecular flexibility index (Phi) is 8.01. The molecule has 4 atom stereocenters. The summed E-state index contributed by atoms with van der Waals surface area (Å²) in [4.78, 5) is 0. The van der Waals surface area contributed by atoms with Crippen molar-refractivity contribution in [3.8, 4) is 0 Å². The first-order chi connectivity index (χ1) is 12.7. The quantitative estimate of drug-likeness (QED) is 0.606. The first kappa shape index (κ1) is 22.5. The summed E-state index contributed by atoms with van der Waals surface area (Å²) in [7, 11) is -2.30. The SMILES string of the molecule is CC(C)[Si](OC1C(COCc2ccccc2)OC(O)C1F)(C(C)C)C(C)C. The highest BCUT2D eigenvalue weighted by Gasteiger charge is 2.53. The number of hydrogen-bond donors (Lipinski definition) is 1. The summed E-state index contributed by atoms with van der Waals surface area (Å²) in [6, 6.07) is 9.80. The number of rotatable bonds is 9. The second-order valence-electron chi connectivity index (χ2n) is 8.41. The van der Waals surface area contributed by atoms with Gasteiger partial charge < -0.3 is 19.0 Å². The van der Waals surface area contributed by atoms with E-state index in [1.807, 2.05) is 30.3 Å². The number of alkyl halides is 1. The molecular formula is C21H35FO4Si. The monoisotopic (exact) mass is 398 g/mol. The van der Waals surface area contributed by atoms with Crippen molar-refractivity contribution >= 4 is 8.32 Å². The van der Waals surface area contributed by atoms with Crippen molar-refractivity contribution in [3.63, 3.8) is 0 Å². The van der Waals surface area contributed by atoms with Crippen molar-refractivity contribution in [1.82, 2.24) is 0 Å². The van der Waals surface area contributed by atoms with E-state index in [-0.39, 0.29) is 6.61 Å². The first-order valence-electron chi connectivity index (χ1n) is 9.97. The van der Waals surface area contributed by atoms with Gasteiger partial charge in [-0.2, -0.15) is 0 Å². The molecule has 4 nitrogen and oxygen atoms in total. The molecule has 1 N–H and O–H groups in total. The minimum absolute atomic E-state index is 0.190. The van der Waals surface area contributed by atoms with Crippen LogP contribution in [0.3, 0.4) is 0 Å². The highest BCUT2D eigenvalue weighted by Crippen LogP contribution is 2.45. The first-order valence-corrected chi connectivity index (χ1v) is 12.1. The molecule has 1 saturated heterocycles. The maximum absolute atomic E-state index is 14.8. The zero-order valence-corrected chi connectivity index (χ0v) is 18.4. The second kappa shape index (κ2) is 9.61. The van der Waals surface area contributed by atoms with Gasteiger partial charge in [0.2, 0.25) is 8.32 Å². The van der Waals surface area contributed by atoms with E-state index in [1.165, 1.54) is 0 Å². The Labute approximate surface area is 164 Å². The van der Waals surface area contributed by atoms with E-state index < -0.39 is 33.0 Å². The van der Waals surface area contributed by atoms with Crippen LogP contribution in [0.15, 0.2) is 30.3 Å². The molecule has 1 aromatic carbocycles. The smallest absolute Gasteiger partial charge is 0.201 e. The Balaban J connectivity index is 2.10. The normalized spacial score (nSPS) is 26.5. The molecule has 2 rings (SSSR count). The molecule has 0 bridgehead atoms. The Morgan fingerprint density at radius 2 is 1.59 bits per heavy atom. The molecule has 0 saturated carbocycles. The van der Waals surface area contributed by atoms with E-state index >= 15 is 0 Å². The van der Waals surface area contributed by atoms with Crippen LogP contribution < -0.4 is 0 Å². The maximum atomic E-state index is 14.8. The largest absolute Gasteiger partial charge is 0.407 e. The fourth-order valence-corrected chi connectivity index (χ4v) is 10.1. The van der Waals surface area contributed by atoms with Gasteiger partial charge in [-0.3, -0.25) is 0 Å². The number of hydrogen-bond acceptors (Lipinski definition) is 4. The van der Waals surface area contributed by atoms with Gasteiger partial charge in [0.25, 0.3) is 0 Å². The zero-order chi connectivity index (χ0) is 20.2. The summed E-state index contributed by atoms with van der Waals surface area (Å²) in [5, 5.41) is 9.95. The summed E-state index contributed by atoms with van der Waals surface area (Å²) < 4.78 is 32.6. The fraction of sp³-hybridized carbons (Fsp3) is 0.714. The molecule has 27 heavy (non-hydrogen) atoms. The summed E-state index contributed by atoms with van der Waals surface area (Å²) in [5.41, 5.74) is 2.02. The molecule has 0 aromatic heterocycles. The molecule has 0 radical (unpaired) electrons. The third-order valence-electron chi connectivity index (χ3n) is 5.71. The number of benzene rings is 1. The third kappa shape index (κ3) is 4.98. The standard InChI is InChI=1S/C21H35FO4Si/c1-14(2)27(15(3)4,16(5)6)26-20-18(25-21(23)19(20)22)13-24-12-17-10-8-7-9-11-17/h7-11,14-16,18-21,23H,12-13H2,1-6H3. The summed E-state index contributed by atoms with van der Waals surface area (Å²) >= 11 is 0. The molecule has 1 aliphatic rings. The Bertz CT molecular complexity index is 545. The topological polar surface area (TPSA) is 47.9 Å². The van der Waals surface area contributed by atoms with Crippen LogP contribution in [0.4, 0.5) is 4.39 Å². The highest BCUT2D eigenvalue weighted by molar-refractivity contribution is 6.77. The van der Waals surface area contributed by atoms with Gasteiger partial charge in [-0.05, 0) is 22.2 Å². The molecule has 1 fully saturated rings. The van der Waals surface area contributed by atoms with Gasteiger partial charge in [0, 0.05) is 0 Å².